The molecule has 0 saturated heterocycles. The standard InChI is InChI=1S/C13H15F6NO2S2/c1-8(23-3-2-4-24(20,21)22)9-5-10(12(14,15)16)7-11(6-9)13(17,18)19/h5-8H,2-4H2,1H3,(H2,20,21,22). The van der Waals surface area contributed by atoms with Crippen LogP contribution in [0.25, 0.3) is 0 Å². The maximum atomic E-state index is 12.8. The summed E-state index contributed by atoms with van der Waals surface area (Å²) < 4.78 is 98.2. The first kappa shape index (κ1) is 21.1. The van der Waals surface area contributed by atoms with Crippen molar-refractivity contribution in [3.05, 3.63) is 34.9 Å². The van der Waals surface area contributed by atoms with E-state index in [0.717, 1.165) is 11.8 Å². The Kier molecular flexibility index (Phi) is 6.62. The Morgan fingerprint density at radius 2 is 1.50 bits per heavy atom. The number of alkyl halides is 6. The van der Waals surface area contributed by atoms with Crippen molar-refractivity contribution in [2.45, 2.75) is 30.9 Å². The summed E-state index contributed by atoms with van der Waals surface area (Å²) in [5.41, 5.74) is -2.87. The third-order valence-corrected chi connectivity index (χ3v) is 5.17. The minimum absolute atomic E-state index is 0.0713. The molecule has 0 amide bonds. The molecule has 0 radical (unpaired) electrons. The van der Waals surface area contributed by atoms with Crippen molar-refractivity contribution in [1.29, 1.82) is 0 Å². The van der Waals surface area contributed by atoms with Crippen molar-refractivity contribution < 1.29 is 34.8 Å². The highest BCUT2D eigenvalue weighted by Gasteiger charge is 2.37. The summed E-state index contributed by atoms with van der Waals surface area (Å²) in [4.78, 5) is 0. The summed E-state index contributed by atoms with van der Waals surface area (Å²) in [6.07, 6.45) is -9.64. The van der Waals surface area contributed by atoms with Crippen LogP contribution in [0.3, 0.4) is 0 Å². The van der Waals surface area contributed by atoms with E-state index in [1.54, 1.807) is 0 Å². The molecule has 3 nitrogen and oxygen atoms in total. The highest BCUT2D eigenvalue weighted by molar-refractivity contribution is 7.99. The first-order chi connectivity index (χ1) is 10.7. The van der Waals surface area contributed by atoms with Gasteiger partial charge in [0.25, 0.3) is 0 Å². The minimum atomic E-state index is -4.89. The summed E-state index contributed by atoms with van der Waals surface area (Å²) >= 11 is 1.05. The fourth-order valence-corrected chi connectivity index (χ4v) is 3.55. The number of hydrogen-bond donors (Lipinski definition) is 1. The molecule has 1 atom stereocenters. The molecule has 1 unspecified atom stereocenters. The van der Waals surface area contributed by atoms with E-state index < -0.39 is 38.8 Å². The van der Waals surface area contributed by atoms with Crippen LogP contribution in [0.15, 0.2) is 18.2 Å². The number of primary sulfonamides is 1. The quantitative estimate of drug-likeness (QED) is 0.580. The summed E-state index contributed by atoms with van der Waals surface area (Å²) in [5, 5.41) is 4.14. The average Bonchev–Trinajstić information content (AvgIpc) is 2.40. The van der Waals surface area contributed by atoms with Crippen LogP contribution in [0.2, 0.25) is 0 Å². The van der Waals surface area contributed by atoms with E-state index in [9.17, 15) is 34.8 Å². The zero-order valence-corrected chi connectivity index (χ0v) is 14.0. The molecule has 11 heteroatoms. The molecule has 1 rings (SSSR count). The van der Waals surface area contributed by atoms with Gasteiger partial charge in [0.15, 0.2) is 0 Å². The lowest BCUT2D eigenvalue weighted by Crippen LogP contribution is -2.16. The third kappa shape index (κ3) is 6.89. The van der Waals surface area contributed by atoms with E-state index in [4.69, 9.17) is 5.14 Å². The lowest BCUT2D eigenvalue weighted by molar-refractivity contribution is -0.143. The van der Waals surface area contributed by atoms with Crippen molar-refractivity contribution in [2.24, 2.45) is 5.14 Å². The lowest BCUT2D eigenvalue weighted by atomic mass is 10.0. The van der Waals surface area contributed by atoms with Gasteiger partial charge in [0.1, 0.15) is 0 Å². The van der Waals surface area contributed by atoms with Gasteiger partial charge < -0.3 is 0 Å². The summed E-state index contributed by atoms with van der Waals surface area (Å²) in [7, 11) is -3.65. The number of nitrogens with two attached hydrogens (primary N) is 1. The topological polar surface area (TPSA) is 60.2 Å². The molecule has 0 aliphatic heterocycles. The van der Waals surface area contributed by atoms with E-state index in [0.29, 0.717) is 12.1 Å². The van der Waals surface area contributed by atoms with Crippen molar-refractivity contribution in [2.75, 3.05) is 11.5 Å². The largest absolute Gasteiger partial charge is 0.416 e. The van der Waals surface area contributed by atoms with Crippen LogP contribution in [0.1, 0.15) is 35.3 Å². The second kappa shape index (κ2) is 7.52. The predicted molar refractivity (Wildman–Crippen MR) is 79.9 cm³/mol. The van der Waals surface area contributed by atoms with E-state index in [1.807, 2.05) is 0 Å². The molecule has 0 aliphatic carbocycles. The number of rotatable bonds is 6. The second-order valence-electron chi connectivity index (χ2n) is 5.07. The summed E-state index contributed by atoms with van der Waals surface area (Å²) in [5.74, 6) is -0.0711. The number of thioether (sulfide) groups is 1. The highest BCUT2D eigenvalue weighted by atomic mass is 32.2. The second-order valence-corrected chi connectivity index (χ2v) is 8.26. The molecule has 2 N–H and O–H groups in total. The summed E-state index contributed by atoms with van der Waals surface area (Å²) in [6, 6.07) is 1.42. The SMILES string of the molecule is CC(SCCCS(N)(=O)=O)c1cc(C(F)(F)F)cc(C(F)(F)F)c1. The minimum Gasteiger partial charge on any atom is -0.229 e. The van der Waals surface area contributed by atoms with E-state index >= 15 is 0 Å². The normalized spacial score (nSPS) is 14.7. The Morgan fingerprint density at radius 1 is 1.04 bits per heavy atom. The molecule has 0 aromatic heterocycles. The highest BCUT2D eigenvalue weighted by Crippen LogP contribution is 2.39. The predicted octanol–water partition coefficient (Wildman–Crippen LogP) is 4.20. The van der Waals surface area contributed by atoms with Crippen LogP contribution in [-0.4, -0.2) is 19.9 Å². The van der Waals surface area contributed by atoms with E-state index in [-0.39, 0.29) is 29.6 Å². The lowest BCUT2D eigenvalue weighted by Gasteiger charge is -2.17. The molecule has 24 heavy (non-hydrogen) atoms. The first-order valence-corrected chi connectivity index (χ1v) is 9.38. The summed E-state index contributed by atoms with van der Waals surface area (Å²) in [6.45, 7) is 1.46. The molecule has 0 saturated carbocycles. The maximum absolute atomic E-state index is 12.8. The van der Waals surface area contributed by atoms with Crippen LogP contribution < -0.4 is 5.14 Å². The molecular weight excluding hydrogens is 380 g/mol. The van der Waals surface area contributed by atoms with Crippen LogP contribution in [0.5, 0.6) is 0 Å². The van der Waals surface area contributed by atoms with Gasteiger partial charge in [0, 0.05) is 5.25 Å². The van der Waals surface area contributed by atoms with Gasteiger partial charge in [0.05, 0.1) is 16.9 Å². The molecule has 138 valence electrons. The number of sulfonamides is 1. The monoisotopic (exact) mass is 395 g/mol. The Labute approximate surface area is 139 Å². The third-order valence-electron chi connectivity index (χ3n) is 3.02. The van der Waals surface area contributed by atoms with Gasteiger partial charge >= 0.3 is 12.4 Å². The zero-order valence-electron chi connectivity index (χ0n) is 12.4. The van der Waals surface area contributed by atoms with Crippen LogP contribution >= 0.6 is 11.8 Å². The van der Waals surface area contributed by atoms with Crippen molar-refractivity contribution >= 4 is 21.8 Å². The van der Waals surface area contributed by atoms with Crippen molar-refractivity contribution in [1.82, 2.24) is 0 Å². The van der Waals surface area contributed by atoms with Gasteiger partial charge in [-0.2, -0.15) is 38.1 Å². The number of halogens is 6. The molecular formula is C13H15F6NO2S2. The van der Waals surface area contributed by atoms with Gasteiger partial charge in [-0.1, -0.05) is 0 Å². The molecule has 0 heterocycles. The zero-order chi connectivity index (χ0) is 18.8. The Morgan fingerprint density at radius 3 is 1.88 bits per heavy atom. The Hall–Kier alpha value is -0.940. The number of hydrogen-bond acceptors (Lipinski definition) is 3. The Bertz CT molecular complexity index is 638. The molecule has 0 fully saturated rings. The van der Waals surface area contributed by atoms with Gasteiger partial charge in [-0.25, -0.2) is 13.6 Å². The molecule has 0 spiro atoms. The molecule has 0 aliphatic rings. The number of benzene rings is 1. The van der Waals surface area contributed by atoms with Gasteiger partial charge in [0.2, 0.25) is 10.0 Å². The fourth-order valence-electron chi connectivity index (χ4n) is 1.83. The molecule has 1 aromatic rings. The van der Waals surface area contributed by atoms with E-state index in [1.165, 1.54) is 6.92 Å². The van der Waals surface area contributed by atoms with Gasteiger partial charge in [-0.15, -0.1) is 0 Å². The van der Waals surface area contributed by atoms with Crippen molar-refractivity contribution in [3.63, 3.8) is 0 Å². The smallest absolute Gasteiger partial charge is 0.229 e. The van der Waals surface area contributed by atoms with Crippen LogP contribution in [-0.2, 0) is 22.4 Å². The Balaban J connectivity index is 2.96. The van der Waals surface area contributed by atoms with Gasteiger partial charge in [-0.3, -0.25) is 0 Å². The average molecular weight is 395 g/mol. The maximum Gasteiger partial charge on any atom is 0.416 e. The van der Waals surface area contributed by atoms with Gasteiger partial charge in [-0.05, 0) is 42.9 Å². The van der Waals surface area contributed by atoms with E-state index in [2.05, 4.69) is 0 Å². The fraction of sp³-hybridized carbons (Fsp3) is 0.538. The molecule has 0 bridgehead atoms. The van der Waals surface area contributed by atoms with Crippen LogP contribution in [0.4, 0.5) is 26.3 Å². The first-order valence-electron chi connectivity index (χ1n) is 6.61. The van der Waals surface area contributed by atoms with Crippen LogP contribution in [0, 0.1) is 0 Å². The van der Waals surface area contributed by atoms with Crippen molar-refractivity contribution in [3.8, 4) is 0 Å². The molecule has 1 aromatic carbocycles.